The molecule has 1 unspecified atom stereocenters. The van der Waals surface area contributed by atoms with Crippen molar-refractivity contribution in [2.24, 2.45) is 5.92 Å². The number of halogens is 2. The van der Waals surface area contributed by atoms with Gasteiger partial charge in [0.2, 0.25) is 11.8 Å². The number of hydrogen-bond donors (Lipinski definition) is 1. The highest BCUT2D eigenvalue weighted by Gasteiger charge is 2.36. The van der Waals surface area contributed by atoms with Gasteiger partial charge < -0.3 is 5.32 Å². The molecule has 0 aromatic heterocycles. The molecule has 1 N–H and O–H groups in total. The van der Waals surface area contributed by atoms with Crippen LogP contribution in [0.2, 0.25) is 0 Å². The van der Waals surface area contributed by atoms with E-state index in [0.717, 1.165) is 17.0 Å². The average molecular weight is 282 g/mol. The van der Waals surface area contributed by atoms with Crippen LogP contribution in [0.25, 0.3) is 0 Å². The summed E-state index contributed by atoms with van der Waals surface area (Å²) in [6.45, 7) is 4.68. The lowest BCUT2D eigenvalue weighted by atomic mass is 10.00. The van der Waals surface area contributed by atoms with Crippen molar-refractivity contribution in [3.05, 3.63) is 29.3 Å². The van der Waals surface area contributed by atoms with Crippen LogP contribution in [0.1, 0.15) is 19.4 Å². The van der Waals surface area contributed by atoms with Crippen molar-refractivity contribution >= 4 is 17.5 Å². The van der Waals surface area contributed by atoms with E-state index < -0.39 is 23.6 Å². The van der Waals surface area contributed by atoms with Gasteiger partial charge in [0.05, 0.1) is 5.69 Å². The van der Waals surface area contributed by atoms with Crippen molar-refractivity contribution in [2.45, 2.75) is 26.8 Å². The Morgan fingerprint density at radius 2 is 1.90 bits per heavy atom. The Labute approximate surface area is 115 Å². The lowest BCUT2D eigenvalue weighted by molar-refractivity contribution is -0.132. The smallest absolute Gasteiger partial charge is 0.250 e. The number of carbonyl (C=O) groups is 2. The molecule has 0 saturated carbocycles. The second kappa shape index (κ2) is 5.19. The van der Waals surface area contributed by atoms with Crippen LogP contribution in [0.3, 0.4) is 0 Å². The zero-order valence-corrected chi connectivity index (χ0v) is 11.5. The third-order valence-corrected chi connectivity index (χ3v) is 3.34. The molecule has 1 saturated heterocycles. The number of nitrogens with zero attached hydrogens (tertiary/aromatic N) is 1. The highest BCUT2D eigenvalue weighted by molar-refractivity contribution is 6.06. The van der Waals surface area contributed by atoms with Crippen molar-refractivity contribution in [3.63, 3.8) is 0 Å². The monoisotopic (exact) mass is 282 g/mol. The van der Waals surface area contributed by atoms with Crippen LogP contribution >= 0.6 is 0 Å². The summed E-state index contributed by atoms with van der Waals surface area (Å²) in [6, 6.07) is 1.26. The summed E-state index contributed by atoms with van der Waals surface area (Å²) in [5.74, 6) is -2.27. The number of hydrogen-bond acceptors (Lipinski definition) is 2. The van der Waals surface area contributed by atoms with Crippen molar-refractivity contribution in [2.75, 3.05) is 11.4 Å². The lowest BCUT2D eigenvalue weighted by Crippen LogP contribution is -2.60. The summed E-state index contributed by atoms with van der Waals surface area (Å²) in [5, 5.41) is 2.56. The van der Waals surface area contributed by atoms with E-state index in [9.17, 15) is 18.4 Å². The predicted octanol–water partition coefficient (Wildman–Crippen LogP) is 1.76. The van der Waals surface area contributed by atoms with Gasteiger partial charge in [-0.2, -0.15) is 0 Å². The lowest BCUT2D eigenvalue weighted by Gasteiger charge is -2.34. The summed E-state index contributed by atoms with van der Waals surface area (Å²) in [7, 11) is 0. The van der Waals surface area contributed by atoms with Gasteiger partial charge >= 0.3 is 0 Å². The molecule has 4 nitrogen and oxygen atoms in total. The standard InChI is InChI=1S/C14H16F2N2O2/c1-7(2)13-14(20)18(6-12(19)17-13)11-5-9(15)8(3)4-10(11)16/h4-5,7,13H,6H2,1-3H3,(H,17,19). The number of anilines is 1. The molecule has 1 aromatic rings. The highest BCUT2D eigenvalue weighted by atomic mass is 19.1. The molecular weight excluding hydrogens is 266 g/mol. The maximum atomic E-state index is 14.0. The molecule has 1 heterocycles. The fourth-order valence-corrected chi connectivity index (χ4v) is 2.17. The molecule has 0 radical (unpaired) electrons. The van der Waals surface area contributed by atoms with Gasteiger partial charge in [0.25, 0.3) is 0 Å². The van der Waals surface area contributed by atoms with E-state index in [1.165, 1.54) is 6.92 Å². The molecule has 6 heteroatoms. The summed E-state index contributed by atoms with van der Waals surface area (Å²) in [5.41, 5.74) is -0.0424. The van der Waals surface area contributed by atoms with E-state index in [-0.39, 0.29) is 29.6 Å². The van der Waals surface area contributed by atoms with Crippen molar-refractivity contribution in [1.29, 1.82) is 0 Å². The summed E-state index contributed by atoms with van der Waals surface area (Å²) < 4.78 is 27.5. The molecule has 0 aliphatic carbocycles. The molecule has 0 bridgehead atoms. The van der Waals surface area contributed by atoms with Crippen molar-refractivity contribution in [3.8, 4) is 0 Å². The topological polar surface area (TPSA) is 49.4 Å². The van der Waals surface area contributed by atoms with E-state index in [2.05, 4.69) is 5.32 Å². The Morgan fingerprint density at radius 1 is 1.25 bits per heavy atom. The highest BCUT2D eigenvalue weighted by Crippen LogP contribution is 2.25. The minimum Gasteiger partial charge on any atom is -0.342 e. The summed E-state index contributed by atoms with van der Waals surface area (Å²) >= 11 is 0. The van der Waals surface area contributed by atoms with Crippen molar-refractivity contribution in [1.82, 2.24) is 5.32 Å². The second-order valence-corrected chi connectivity index (χ2v) is 5.27. The molecule has 1 aromatic carbocycles. The fraction of sp³-hybridized carbons (Fsp3) is 0.429. The normalized spacial score (nSPS) is 19.5. The molecule has 108 valence electrons. The molecule has 1 aliphatic heterocycles. The van der Waals surface area contributed by atoms with Gasteiger partial charge in [-0.05, 0) is 24.5 Å². The second-order valence-electron chi connectivity index (χ2n) is 5.27. The third-order valence-electron chi connectivity index (χ3n) is 3.34. The minimum absolute atomic E-state index is 0.132. The average Bonchev–Trinajstić information content (AvgIpc) is 2.36. The quantitative estimate of drug-likeness (QED) is 0.898. The third kappa shape index (κ3) is 2.50. The van der Waals surface area contributed by atoms with E-state index in [4.69, 9.17) is 0 Å². The number of amides is 2. The molecule has 20 heavy (non-hydrogen) atoms. The molecular formula is C14H16F2N2O2. The molecule has 1 fully saturated rings. The van der Waals surface area contributed by atoms with Crippen LogP contribution in [0.15, 0.2) is 12.1 Å². The Balaban J connectivity index is 2.43. The van der Waals surface area contributed by atoms with E-state index >= 15 is 0 Å². The van der Waals surface area contributed by atoms with Gasteiger partial charge in [-0.25, -0.2) is 8.78 Å². The number of carbonyl (C=O) groups excluding carboxylic acids is 2. The minimum atomic E-state index is -0.722. The van der Waals surface area contributed by atoms with E-state index in [1.807, 2.05) is 0 Å². The first kappa shape index (κ1) is 14.4. The van der Waals surface area contributed by atoms with Gasteiger partial charge in [-0.15, -0.1) is 0 Å². The first-order valence-electron chi connectivity index (χ1n) is 6.37. The predicted molar refractivity (Wildman–Crippen MR) is 70.2 cm³/mol. The van der Waals surface area contributed by atoms with Gasteiger partial charge in [0.15, 0.2) is 0 Å². The van der Waals surface area contributed by atoms with Crippen LogP contribution in [-0.2, 0) is 9.59 Å². The van der Waals surface area contributed by atoms with Gasteiger partial charge in [0, 0.05) is 6.07 Å². The van der Waals surface area contributed by atoms with Crippen LogP contribution < -0.4 is 10.2 Å². The molecule has 1 atom stereocenters. The maximum Gasteiger partial charge on any atom is 0.250 e. The SMILES string of the molecule is Cc1cc(F)c(N2CC(=O)NC(C(C)C)C2=O)cc1F. The van der Waals surface area contributed by atoms with Gasteiger partial charge in [0.1, 0.15) is 24.2 Å². The zero-order chi connectivity index (χ0) is 15.0. The zero-order valence-electron chi connectivity index (χ0n) is 11.5. The molecule has 2 amide bonds. The van der Waals surface area contributed by atoms with Gasteiger partial charge in [-0.1, -0.05) is 13.8 Å². The number of aryl methyl sites for hydroxylation is 1. The summed E-state index contributed by atoms with van der Waals surface area (Å²) in [6.07, 6.45) is 0. The van der Waals surface area contributed by atoms with Crippen LogP contribution in [-0.4, -0.2) is 24.4 Å². The number of nitrogens with one attached hydrogen (secondary N) is 1. The number of rotatable bonds is 2. The van der Waals surface area contributed by atoms with E-state index in [0.29, 0.717) is 0 Å². The first-order valence-corrected chi connectivity index (χ1v) is 6.37. The first-order chi connectivity index (χ1) is 9.31. The van der Waals surface area contributed by atoms with Crippen LogP contribution in [0.4, 0.5) is 14.5 Å². The Morgan fingerprint density at radius 3 is 2.50 bits per heavy atom. The molecule has 0 spiro atoms. The molecule has 1 aliphatic rings. The maximum absolute atomic E-state index is 14.0. The fourth-order valence-electron chi connectivity index (χ4n) is 2.17. The van der Waals surface area contributed by atoms with Crippen LogP contribution in [0.5, 0.6) is 0 Å². The largest absolute Gasteiger partial charge is 0.342 e. The Kier molecular flexibility index (Phi) is 3.74. The van der Waals surface area contributed by atoms with Crippen LogP contribution in [0, 0.1) is 24.5 Å². The number of piperazine rings is 1. The Hall–Kier alpha value is -1.98. The molecule has 2 rings (SSSR count). The van der Waals surface area contributed by atoms with Crippen molar-refractivity contribution < 1.29 is 18.4 Å². The number of benzene rings is 1. The van der Waals surface area contributed by atoms with E-state index in [1.54, 1.807) is 13.8 Å². The Bertz CT molecular complexity index is 573. The van der Waals surface area contributed by atoms with Gasteiger partial charge in [-0.3, -0.25) is 14.5 Å². The summed E-state index contributed by atoms with van der Waals surface area (Å²) in [4.78, 5) is 24.9.